The summed E-state index contributed by atoms with van der Waals surface area (Å²) in [4.78, 5) is 25.1. The van der Waals surface area contributed by atoms with Crippen molar-refractivity contribution >= 4 is 23.2 Å². The van der Waals surface area contributed by atoms with Crippen molar-refractivity contribution in [3.63, 3.8) is 0 Å². The molecule has 25 heavy (non-hydrogen) atoms. The smallest absolute Gasteiger partial charge is 0.277 e. The summed E-state index contributed by atoms with van der Waals surface area (Å²) in [6, 6.07) is 7.78. The van der Waals surface area contributed by atoms with Crippen LogP contribution in [0, 0.1) is 0 Å². The van der Waals surface area contributed by atoms with Gasteiger partial charge >= 0.3 is 0 Å². The van der Waals surface area contributed by atoms with Crippen LogP contribution in [0.4, 0.5) is 11.4 Å². The maximum Gasteiger partial charge on any atom is 0.277 e. The summed E-state index contributed by atoms with van der Waals surface area (Å²) < 4.78 is 0. The highest BCUT2D eigenvalue weighted by Gasteiger charge is 2.31. The number of β-amino-alcohol motifs (C(OH)–C–C–N with tert-alkyl or cyclic N) is 1. The van der Waals surface area contributed by atoms with Crippen LogP contribution >= 0.6 is 0 Å². The van der Waals surface area contributed by atoms with Gasteiger partial charge in [0.2, 0.25) is 0 Å². The van der Waals surface area contributed by atoms with Crippen LogP contribution in [0.3, 0.4) is 0 Å². The number of carbonyl (C=O) groups excluding carboxylic acids is 2. The number of hydrogen-bond acceptors (Lipinski definition) is 6. The highest BCUT2D eigenvalue weighted by molar-refractivity contribution is 6.17. The molecule has 1 heterocycles. The second-order valence-corrected chi connectivity index (χ2v) is 6.40. The number of aliphatic hydroxyl groups excluding tert-OH is 2. The van der Waals surface area contributed by atoms with Crippen molar-refractivity contribution in [2.45, 2.75) is 37.8 Å². The number of benzene rings is 1. The van der Waals surface area contributed by atoms with Crippen LogP contribution in [0.25, 0.3) is 0 Å². The summed E-state index contributed by atoms with van der Waals surface area (Å²) in [7, 11) is 0. The summed E-state index contributed by atoms with van der Waals surface area (Å²) >= 11 is 0. The van der Waals surface area contributed by atoms with E-state index in [1.807, 2.05) is 24.3 Å². The van der Waals surface area contributed by atoms with Crippen molar-refractivity contribution in [1.82, 2.24) is 4.90 Å². The Hall–Kier alpha value is -2.38. The molecule has 1 aliphatic heterocycles. The fourth-order valence-electron chi connectivity index (χ4n) is 3.21. The zero-order valence-electron chi connectivity index (χ0n) is 13.9. The Morgan fingerprint density at radius 2 is 1.76 bits per heavy atom. The van der Waals surface area contributed by atoms with E-state index < -0.39 is 11.8 Å². The molecule has 2 amide bonds. The lowest BCUT2D eigenvalue weighted by Gasteiger charge is -2.28. The Labute approximate surface area is 146 Å². The van der Waals surface area contributed by atoms with E-state index in [1.54, 1.807) is 0 Å². The number of rotatable bonds is 6. The average Bonchev–Trinajstić information content (AvgIpc) is 2.86. The molecule has 0 saturated heterocycles. The first-order valence-corrected chi connectivity index (χ1v) is 8.57. The van der Waals surface area contributed by atoms with E-state index >= 15 is 0 Å². The normalized spacial score (nSPS) is 23.6. The van der Waals surface area contributed by atoms with E-state index in [0.717, 1.165) is 36.3 Å². The maximum atomic E-state index is 12.3. The highest BCUT2D eigenvalue weighted by Crippen LogP contribution is 2.28. The number of nitrogens with zero attached hydrogens (tertiary/aromatic N) is 1. The first kappa shape index (κ1) is 17.4. The molecule has 2 aliphatic rings. The largest absolute Gasteiger partial charge is 0.395 e. The second kappa shape index (κ2) is 7.67. The van der Waals surface area contributed by atoms with Gasteiger partial charge in [0.15, 0.2) is 0 Å². The number of nitrogens with one attached hydrogen (secondary N) is 2. The minimum atomic E-state index is -0.436. The molecule has 0 radical (unpaired) electrons. The van der Waals surface area contributed by atoms with Crippen LogP contribution in [0.15, 0.2) is 36.0 Å². The lowest BCUT2D eigenvalue weighted by Crippen LogP contribution is -2.34. The number of aliphatic hydroxyl groups is 2. The van der Waals surface area contributed by atoms with Crippen LogP contribution in [-0.4, -0.2) is 52.2 Å². The lowest BCUT2D eigenvalue weighted by atomic mass is 9.93. The fraction of sp³-hybridized carbons (Fsp3) is 0.444. The van der Waals surface area contributed by atoms with Gasteiger partial charge in [-0.2, -0.15) is 0 Å². The minimum absolute atomic E-state index is 0.0103. The number of para-hydroxylation sites is 2. The Bertz CT molecular complexity index is 681. The Morgan fingerprint density at radius 3 is 2.44 bits per heavy atom. The average molecular weight is 345 g/mol. The molecular weight excluding hydrogens is 322 g/mol. The zero-order valence-corrected chi connectivity index (χ0v) is 13.9. The highest BCUT2D eigenvalue weighted by atomic mass is 16.3. The van der Waals surface area contributed by atoms with Gasteiger partial charge in [-0.15, -0.1) is 0 Å². The molecule has 0 spiro atoms. The third-order valence-corrected chi connectivity index (χ3v) is 4.59. The van der Waals surface area contributed by atoms with Gasteiger partial charge in [-0.1, -0.05) is 12.1 Å². The fourth-order valence-corrected chi connectivity index (χ4v) is 3.21. The molecule has 0 unspecified atom stereocenters. The number of anilines is 2. The Morgan fingerprint density at radius 1 is 1.08 bits per heavy atom. The number of hydrogen-bond donors (Lipinski definition) is 4. The van der Waals surface area contributed by atoms with E-state index in [4.69, 9.17) is 5.11 Å². The number of amides is 2. The number of imide groups is 1. The molecule has 1 aromatic carbocycles. The summed E-state index contributed by atoms with van der Waals surface area (Å²) in [6.45, 7) is -0.270. The molecule has 7 nitrogen and oxygen atoms in total. The predicted octanol–water partition coefficient (Wildman–Crippen LogP) is 1.06. The van der Waals surface area contributed by atoms with Crippen LogP contribution in [0.5, 0.6) is 0 Å². The third-order valence-electron chi connectivity index (χ3n) is 4.59. The van der Waals surface area contributed by atoms with Crippen LogP contribution in [-0.2, 0) is 9.59 Å². The summed E-state index contributed by atoms with van der Waals surface area (Å²) in [5.74, 6) is -0.858. The summed E-state index contributed by atoms with van der Waals surface area (Å²) in [6.07, 6.45) is 4.38. The van der Waals surface area contributed by atoms with Gasteiger partial charge in [0.25, 0.3) is 11.8 Å². The molecule has 1 aromatic rings. The molecule has 0 aromatic heterocycles. The monoisotopic (exact) mass is 345 g/mol. The Kier molecular flexibility index (Phi) is 5.35. The van der Waals surface area contributed by atoms with E-state index in [1.165, 1.54) is 6.08 Å². The first-order chi connectivity index (χ1) is 12.1. The van der Waals surface area contributed by atoms with Crippen molar-refractivity contribution < 1.29 is 19.8 Å². The Balaban J connectivity index is 1.70. The molecule has 0 bridgehead atoms. The second-order valence-electron chi connectivity index (χ2n) is 6.40. The van der Waals surface area contributed by atoms with Crippen molar-refractivity contribution in [1.29, 1.82) is 0 Å². The van der Waals surface area contributed by atoms with Crippen LogP contribution in [0.1, 0.15) is 25.7 Å². The molecule has 1 fully saturated rings. The SMILES string of the molecule is O=C1C=C(Nc2ccccc2NC2CCC(O)CC2)C(=O)N1CCO. The van der Waals surface area contributed by atoms with Gasteiger partial charge in [0.1, 0.15) is 5.70 Å². The van der Waals surface area contributed by atoms with Gasteiger partial charge in [0, 0.05) is 12.1 Å². The number of carbonyl (C=O) groups is 2. The van der Waals surface area contributed by atoms with Gasteiger partial charge in [-0.25, -0.2) is 0 Å². The minimum Gasteiger partial charge on any atom is -0.395 e. The van der Waals surface area contributed by atoms with Crippen molar-refractivity contribution in [3.8, 4) is 0 Å². The van der Waals surface area contributed by atoms with Crippen molar-refractivity contribution in [3.05, 3.63) is 36.0 Å². The molecule has 7 heteroatoms. The molecule has 4 N–H and O–H groups in total. The van der Waals surface area contributed by atoms with Crippen LogP contribution in [0.2, 0.25) is 0 Å². The molecule has 3 rings (SSSR count). The van der Waals surface area contributed by atoms with Crippen LogP contribution < -0.4 is 10.6 Å². The van der Waals surface area contributed by atoms with Crippen molar-refractivity contribution in [2.75, 3.05) is 23.8 Å². The lowest BCUT2D eigenvalue weighted by molar-refractivity contribution is -0.137. The first-order valence-electron chi connectivity index (χ1n) is 8.57. The van der Waals surface area contributed by atoms with Gasteiger partial charge in [0.05, 0.1) is 30.6 Å². The molecule has 134 valence electrons. The maximum absolute atomic E-state index is 12.3. The molecule has 1 saturated carbocycles. The third kappa shape index (κ3) is 4.00. The quantitative estimate of drug-likeness (QED) is 0.575. The summed E-state index contributed by atoms with van der Waals surface area (Å²) in [5, 5.41) is 25.1. The predicted molar refractivity (Wildman–Crippen MR) is 93.8 cm³/mol. The van der Waals surface area contributed by atoms with Crippen molar-refractivity contribution in [2.24, 2.45) is 0 Å². The summed E-state index contributed by atoms with van der Waals surface area (Å²) in [5.41, 5.74) is 1.77. The standard InChI is InChI=1S/C18H23N3O4/c22-10-9-21-17(24)11-16(18(21)25)20-15-4-2-1-3-14(15)19-12-5-7-13(23)8-6-12/h1-4,11-13,19-20,22-23H,5-10H2. The van der Waals surface area contributed by atoms with Gasteiger partial charge in [-0.3, -0.25) is 14.5 Å². The van der Waals surface area contributed by atoms with E-state index in [-0.39, 0.29) is 31.0 Å². The topological polar surface area (TPSA) is 102 Å². The molecule has 1 aliphatic carbocycles. The van der Waals surface area contributed by atoms with Gasteiger partial charge in [-0.05, 0) is 37.8 Å². The zero-order chi connectivity index (χ0) is 17.8. The van der Waals surface area contributed by atoms with Gasteiger partial charge < -0.3 is 20.8 Å². The van der Waals surface area contributed by atoms with E-state index in [2.05, 4.69) is 10.6 Å². The molecule has 0 atom stereocenters. The van der Waals surface area contributed by atoms with E-state index in [9.17, 15) is 14.7 Å². The van der Waals surface area contributed by atoms with E-state index in [0.29, 0.717) is 5.69 Å². The molecular formula is C18H23N3O4.